The van der Waals surface area contributed by atoms with Gasteiger partial charge in [-0.25, -0.2) is 0 Å². The van der Waals surface area contributed by atoms with Crippen LogP contribution in [-0.2, 0) is 0 Å². The van der Waals surface area contributed by atoms with E-state index >= 15 is 0 Å². The van der Waals surface area contributed by atoms with E-state index in [0.29, 0.717) is 0 Å². The molecule has 4 aliphatic carbocycles. The molecule has 0 heterocycles. The summed E-state index contributed by atoms with van der Waals surface area (Å²) in [6.45, 7) is 11.2. The van der Waals surface area contributed by atoms with Gasteiger partial charge in [0.1, 0.15) is 0 Å². The van der Waals surface area contributed by atoms with E-state index in [1.54, 1.807) is 19.3 Å². The van der Waals surface area contributed by atoms with Crippen LogP contribution in [0, 0.1) is 29.7 Å². The van der Waals surface area contributed by atoms with Gasteiger partial charge in [0.15, 0.2) is 0 Å². The second kappa shape index (κ2) is 9.80. The standard InChI is InChI=1S/C12H19OSi.C10H15.BrH.Mg/c1-12(2,3)14(4,5)13-11-9-7-6-8-10-11;1-7-2-9-4-8(1)5-10(3-7)6-9;;/h7-10H,1-5H3;7-9H,1-6H2;1H;/q2*-1;;+2. The maximum atomic E-state index is 6.09. The maximum absolute atomic E-state index is 6.09. The van der Waals surface area contributed by atoms with Crippen LogP contribution in [0.3, 0.4) is 0 Å². The molecule has 4 heteroatoms. The summed E-state index contributed by atoms with van der Waals surface area (Å²) in [5, 5.41) is 0.257. The van der Waals surface area contributed by atoms with Gasteiger partial charge in [0.25, 0.3) is 0 Å². The summed E-state index contributed by atoms with van der Waals surface area (Å²) in [4.78, 5) is 0. The second-order valence-electron chi connectivity index (χ2n) is 9.77. The third-order valence-electron chi connectivity index (χ3n) is 6.60. The van der Waals surface area contributed by atoms with Gasteiger partial charge in [0, 0.05) is 0 Å². The first-order chi connectivity index (χ1) is 11.2. The molecule has 1 aromatic rings. The van der Waals surface area contributed by atoms with Gasteiger partial charge in [-0.05, 0) is 23.9 Å². The van der Waals surface area contributed by atoms with E-state index in [4.69, 9.17) is 4.43 Å². The zero-order valence-corrected chi connectivity index (χ0v) is 21.4. The molecule has 0 saturated heterocycles. The number of hydrogen-bond acceptors (Lipinski definition) is 1. The number of hydrogen-bond donors (Lipinski definition) is 0. The van der Waals surface area contributed by atoms with Gasteiger partial charge in [-0.1, -0.05) is 57.8 Å². The summed E-state index contributed by atoms with van der Waals surface area (Å²) in [5.74, 6) is 6.32. The number of rotatable bonds is 2. The average Bonchev–Trinajstić information content (AvgIpc) is 2.46. The Balaban J connectivity index is 0.000000249. The Labute approximate surface area is 189 Å². The van der Waals surface area contributed by atoms with E-state index < -0.39 is 8.32 Å². The predicted octanol–water partition coefficient (Wildman–Crippen LogP) is 6.86. The van der Waals surface area contributed by atoms with Crippen molar-refractivity contribution in [2.45, 2.75) is 77.4 Å². The molecule has 142 valence electrons. The molecule has 0 unspecified atom stereocenters. The van der Waals surface area contributed by atoms with E-state index in [9.17, 15) is 0 Å². The molecule has 0 amide bonds. The third-order valence-corrected chi connectivity index (χ3v) is 11.0. The van der Waals surface area contributed by atoms with Crippen molar-refractivity contribution in [2.24, 2.45) is 17.8 Å². The molecule has 5 rings (SSSR count). The topological polar surface area (TPSA) is 9.23 Å². The van der Waals surface area contributed by atoms with Crippen molar-refractivity contribution in [2.75, 3.05) is 0 Å². The van der Waals surface area contributed by atoms with E-state index in [0.717, 1.165) is 23.5 Å². The summed E-state index contributed by atoms with van der Waals surface area (Å²) in [6, 6.07) is 10.7. The minimum absolute atomic E-state index is 0. The zero-order valence-electron chi connectivity index (χ0n) is 17.3. The van der Waals surface area contributed by atoms with Gasteiger partial charge in [-0.2, -0.15) is 37.5 Å². The molecular weight excluding hydrogens is 413 g/mol. The van der Waals surface area contributed by atoms with Crippen LogP contribution >= 0.6 is 17.0 Å². The van der Waals surface area contributed by atoms with Gasteiger partial charge in [0.2, 0.25) is 8.32 Å². The quantitative estimate of drug-likeness (QED) is 0.355. The fourth-order valence-corrected chi connectivity index (χ4v) is 5.60. The van der Waals surface area contributed by atoms with Crippen LogP contribution in [0.25, 0.3) is 0 Å². The Bertz CT molecular complexity index is 484. The second-order valence-corrected chi connectivity index (χ2v) is 14.5. The summed E-state index contributed by atoms with van der Waals surface area (Å²) in [5.41, 5.74) is 0. The number of benzene rings is 1. The Morgan fingerprint density at radius 3 is 1.73 bits per heavy atom. The normalized spacial score (nSPS) is 26.9. The Morgan fingerprint density at radius 2 is 1.38 bits per heavy atom. The Hall–Kier alpha value is 0.483. The smallest absolute Gasteiger partial charge is 0.564 e. The van der Waals surface area contributed by atoms with Crippen LogP contribution in [0.5, 0.6) is 5.75 Å². The monoisotopic (exact) mass is 446 g/mol. The molecule has 4 saturated carbocycles. The number of halogens is 1. The van der Waals surface area contributed by atoms with Crippen molar-refractivity contribution < 1.29 is 4.43 Å². The van der Waals surface area contributed by atoms with Gasteiger partial charge < -0.3 is 10.3 Å². The first-order valence-electron chi connectivity index (χ1n) is 9.71. The average molecular weight is 448 g/mol. The predicted molar refractivity (Wildman–Crippen MR) is 121 cm³/mol. The largest absolute Gasteiger partial charge is 2.00 e. The molecule has 4 bridgehead atoms. The maximum Gasteiger partial charge on any atom is 2.00 e. The molecule has 0 aliphatic heterocycles. The van der Waals surface area contributed by atoms with Crippen LogP contribution in [0.15, 0.2) is 24.3 Å². The van der Waals surface area contributed by atoms with Crippen LogP contribution in [0.2, 0.25) is 18.1 Å². The molecule has 0 aromatic heterocycles. The van der Waals surface area contributed by atoms with Gasteiger partial charge in [-0.3, -0.25) is 0 Å². The van der Waals surface area contributed by atoms with Gasteiger partial charge >= 0.3 is 23.1 Å². The molecule has 0 N–H and O–H groups in total. The van der Waals surface area contributed by atoms with Gasteiger partial charge in [-0.15, -0.1) is 29.1 Å². The van der Waals surface area contributed by atoms with Crippen molar-refractivity contribution in [1.29, 1.82) is 0 Å². The van der Waals surface area contributed by atoms with Crippen LogP contribution in [-0.4, -0.2) is 31.4 Å². The van der Waals surface area contributed by atoms with Crippen LogP contribution < -0.4 is 4.43 Å². The zero-order chi connectivity index (χ0) is 17.4. The summed E-state index contributed by atoms with van der Waals surface area (Å²) >= 11 is 0. The molecule has 0 spiro atoms. The summed E-state index contributed by atoms with van der Waals surface area (Å²) < 4.78 is 6.09. The first kappa shape index (κ1) is 24.5. The first-order valence-corrected chi connectivity index (χ1v) is 12.6. The van der Waals surface area contributed by atoms with E-state index in [1.165, 1.54) is 19.3 Å². The fraction of sp³-hybridized carbons (Fsp3) is 0.682. The SMILES string of the molecule is Br.C1[C-]2CC3CC1CC(C2)C3.CC(C)(C)[Si](C)(C)Oc1cc[c-]cc1.[Mg+2]. The van der Waals surface area contributed by atoms with Crippen molar-refractivity contribution >= 4 is 48.4 Å². The van der Waals surface area contributed by atoms with Gasteiger partial charge in [0.05, 0.1) is 0 Å². The van der Waals surface area contributed by atoms with E-state index in [-0.39, 0.29) is 45.1 Å². The minimum Gasteiger partial charge on any atom is -0.564 e. The summed E-state index contributed by atoms with van der Waals surface area (Å²) in [6.07, 6.45) is 9.31. The van der Waals surface area contributed by atoms with Crippen molar-refractivity contribution in [3.63, 3.8) is 0 Å². The fourth-order valence-electron chi connectivity index (χ4n) is 4.56. The van der Waals surface area contributed by atoms with Crippen molar-refractivity contribution in [3.8, 4) is 5.75 Å². The molecule has 26 heavy (non-hydrogen) atoms. The summed E-state index contributed by atoms with van der Waals surface area (Å²) in [7, 11) is -1.66. The minimum atomic E-state index is -1.66. The molecule has 4 aliphatic rings. The van der Waals surface area contributed by atoms with Crippen LogP contribution in [0.4, 0.5) is 0 Å². The van der Waals surface area contributed by atoms with Crippen LogP contribution in [0.1, 0.15) is 59.3 Å². The van der Waals surface area contributed by atoms with E-state index in [1.807, 2.05) is 30.2 Å². The Morgan fingerprint density at radius 1 is 0.962 bits per heavy atom. The molecule has 1 nitrogen and oxygen atoms in total. The van der Waals surface area contributed by atoms with E-state index in [2.05, 4.69) is 39.9 Å². The third kappa shape index (κ3) is 6.25. The Kier molecular flexibility index (Phi) is 9.24. The molecule has 0 atom stereocenters. The molecular formula is C22H35BrMgOSi. The van der Waals surface area contributed by atoms with Crippen molar-refractivity contribution in [3.05, 3.63) is 36.2 Å². The molecule has 4 fully saturated rings. The molecule has 1 aromatic carbocycles. The van der Waals surface area contributed by atoms with Crippen molar-refractivity contribution in [1.82, 2.24) is 0 Å². The molecule has 0 radical (unpaired) electrons.